The van der Waals surface area contributed by atoms with Gasteiger partial charge in [-0.1, -0.05) is 11.6 Å². The molecule has 0 radical (unpaired) electrons. The summed E-state index contributed by atoms with van der Waals surface area (Å²) < 4.78 is 8.20. The van der Waals surface area contributed by atoms with Gasteiger partial charge in [-0.15, -0.1) is 0 Å². The number of halogens is 1. The van der Waals surface area contributed by atoms with Crippen molar-refractivity contribution in [3.63, 3.8) is 0 Å². The van der Waals surface area contributed by atoms with Crippen LogP contribution in [0.4, 0.5) is 0 Å². The normalized spacial score (nSPS) is 15.6. The average Bonchev–Trinajstić information content (AvgIpc) is 2.76. The van der Waals surface area contributed by atoms with Crippen LogP contribution in [-0.2, 0) is 29.0 Å². The summed E-state index contributed by atoms with van der Waals surface area (Å²) in [5.41, 5.74) is 4.18. The van der Waals surface area contributed by atoms with Crippen LogP contribution in [0.5, 0.6) is 5.75 Å². The molecule has 7 nitrogen and oxygen atoms in total. The first-order valence-corrected chi connectivity index (χ1v) is 8.66. The predicted molar refractivity (Wildman–Crippen MR) is 97.1 cm³/mol. The molecular weight excluding hydrogens is 360 g/mol. The smallest absolute Gasteiger partial charge is 0.328 e. The van der Waals surface area contributed by atoms with E-state index in [1.165, 1.54) is 22.2 Å². The third-order valence-corrected chi connectivity index (χ3v) is 4.56. The number of rotatable bonds is 2. The van der Waals surface area contributed by atoms with E-state index in [0.717, 1.165) is 49.9 Å². The van der Waals surface area contributed by atoms with Crippen LogP contribution >= 0.6 is 11.6 Å². The lowest BCUT2D eigenvalue weighted by Crippen LogP contribution is -2.19. The van der Waals surface area contributed by atoms with Crippen LogP contribution in [0, 0.1) is 0 Å². The average molecular weight is 379 g/mol. The highest BCUT2D eigenvalue weighted by molar-refractivity contribution is 6.31. The summed E-state index contributed by atoms with van der Waals surface area (Å²) in [6.07, 6.45) is 3.30. The summed E-state index contributed by atoms with van der Waals surface area (Å²) in [6, 6.07) is 4.03. The van der Waals surface area contributed by atoms with Gasteiger partial charge in [0.1, 0.15) is 12.4 Å². The van der Waals surface area contributed by atoms with Gasteiger partial charge in [0.25, 0.3) is 0 Å². The number of carbonyl (C=O) groups is 2. The molecule has 26 heavy (non-hydrogen) atoms. The Hall–Kier alpha value is -2.51. The maximum atomic E-state index is 9.55. The highest BCUT2D eigenvalue weighted by Crippen LogP contribution is 2.38. The molecule has 0 atom stereocenters. The van der Waals surface area contributed by atoms with E-state index in [1.807, 2.05) is 6.07 Å². The molecule has 2 aliphatic rings. The molecular formula is C18H19ClN2O5. The maximum Gasteiger partial charge on any atom is 0.328 e. The SMILES string of the molecule is Clc1cc2c3c(c1)c1c(n3CCO2)CCNCC1.O=C(O)C=CC(=O)O. The number of aromatic nitrogens is 1. The summed E-state index contributed by atoms with van der Waals surface area (Å²) in [7, 11) is 0. The zero-order valence-electron chi connectivity index (χ0n) is 14.0. The monoisotopic (exact) mass is 378 g/mol. The molecule has 2 aromatic rings. The topological polar surface area (TPSA) is 101 Å². The first-order chi connectivity index (χ1) is 12.5. The van der Waals surface area contributed by atoms with E-state index in [1.54, 1.807) is 0 Å². The molecule has 4 rings (SSSR count). The molecule has 0 unspecified atom stereocenters. The Kier molecular flexibility index (Phi) is 5.49. The first-order valence-electron chi connectivity index (χ1n) is 8.28. The maximum absolute atomic E-state index is 9.55. The van der Waals surface area contributed by atoms with E-state index in [0.29, 0.717) is 12.2 Å². The van der Waals surface area contributed by atoms with E-state index in [-0.39, 0.29) is 0 Å². The molecule has 0 spiro atoms. The second-order valence-electron chi connectivity index (χ2n) is 5.99. The van der Waals surface area contributed by atoms with Crippen molar-refractivity contribution in [3.8, 4) is 5.75 Å². The lowest BCUT2D eigenvalue weighted by Gasteiger charge is -2.19. The molecule has 2 aliphatic heterocycles. The van der Waals surface area contributed by atoms with Gasteiger partial charge in [0.05, 0.1) is 12.1 Å². The predicted octanol–water partition coefficient (Wildman–Crippen LogP) is 2.09. The molecule has 0 saturated carbocycles. The number of carboxylic acid groups (broad SMARTS) is 2. The summed E-state index contributed by atoms with van der Waals surface area (Å²) in [4.78, 5) is 19.1. The van der Waals surface area contributed by atoms with Gasteiger partial charge in [-0.05, 0) is 24.6 Å². The van der Waals surface area contributed by atoms with Crippen molar-refractivity contribution in [2.75, 3.05) is 19.7 Å². The van der Waals surface area contributed by atoms with Crippen LogP contribution in [0.15, 0.2) is 24.3 Å². The van der Waals surface area contributed by atoms with Crippen LogP contribution in [0.2, 0.25) is 5.02 Å². The van der Waals surface area contributed by atoms with Crippen molar-refractivity contribution in [2.45, 2.75) is 19.4 Å². The molecule has 0 saturated heterocycles. The standard InChI is InChI=1S/C14H15ClN2O.C4H4O4/c15-9-7-11-10-1-3-16-4-2-12(10)17-5-6-18-13(8-9)14(11)17;5-3(6)1-2-4(7)8/h7-8,16H,1-6H2;1-2H,(H,5,6)(H,7,8). The number of hydrogen-bond acceptors (Lipinski definition) is 4. The van der Waals surface area contributed by atoms with Gasteiger partial charge < -0.3 is 24.8 Å². The molecule has 1 aromatic heterocycles. The molecule has 0 fully saturated rings. The fourth-order valence-corrected chi connectivity index (χ4v) is 3.60. The van der Waals surface area contributed by atoms with Crippen molar-refractivity contribution < 1.29 is 24.5 Å². The lowest BCUT2D eigenvalue weighted by molar-refractivity contribution is -0.134. The third-order valence-electron chi connectivity index (χ3n) is 4.34. The van der Waals surface area contributed by atoms with Gasteiger partial charge in [-0.3, -0.25) is 0 Å². The van der Waals surface area contributed by atoms with Crippen molar-refractivity contribution in [1.82, 2.24) is 9.88 Å². The summed E-state index contributed by atoms with van der Waals surface area (Å²) in [5, 5.41) is 21.2. The molecule has 3 N–H and O–H groups in total. The third kappa shape index (κ3) is 3.84. The molecule has 3 heterocycles. The zero-order valence-corrected chi connectivity index (χ0v) is 14.8. The van der Waals surface area contributed by atoms with Crippen LogP contribution in [0.1, 0.15) is 11.3 Å². The fourth-order valence-electron chi connectivity index (χ4n) is 3.39. The Balaban J connectivity index is 0.000000211. The van der Waals surface area contributed by atoms with Gasteiger partial charge in [-0.25, -0.2) is 9.59 Å². The Morgan fingerprint density at radius 3 is 2.54 bits per heavy atom. The second kappa shape index (κ2) is 7.80. The van der Waals surface area contributed by atoms with Crippen LogP contribution in [0.3, 0.4) is 0 Å². The largest absolute Gasteiger partial charge is 0.489 e. The van der Waals surface area contributed by atoms with Crippen LogP contribution < -0.4 is 10.1 Å². The summed E-state index contributed by atoms with van der Waals surface area (Å²) >= 11 is 6.21. The number of nitrogens with zero attached hydrogens (tertiary/aromatic N) is 1. The number of ether oxygens (including phenoxy) is 1. The number of benzene rings is 1. The van der Waals surface area contributed by atoms with Gasteiger partial charge in [0.15, 0.2) is 0 Å². The van der Waals surface area contributed by atoms with E-state index < -0.39 is 11.9 Å². The van der Waals surface area contributed by atoms with E-state index in [4.69, 9.17) is 26.6 Å². The molecule has 0 bridgehead atoms. The van der Waals surface area contributed by atoms with E-state index in [2.05, 4.69) is 16.0 Å². The first kappa shape index (κ1) is 18.3. The summed E-state index contributed by atoms with van der Waals surface area (Å²) in [6.45, 7) is 3.82. The molecule has 8 heteroatoms. The fraction of sp³-hybridized carbons (Fsp3) is 0.333. The van der Waals surface area contributed by atoms with Gasteiger partial charge in [0, 0.05) is 47.3 Å². The minimum Gasteiger partial charge on any atom is -0.489 e. The number of nitrogens with one attached hydrogen (secondary N) is 1. The zero-order chi connectivity index (χ0) is 18.7. The number of fused-ring (bicyclic) bond motifs is 3. The molecule has 0 amide bonds. The highest BCUT2D eigenvalue weighted by Gasteiger charge is 2.24. The van der Waals surface area contributed by atoms with Gasteiger partial charge in [-0.2, -0.15) is 0 Å². The Morgan fingerprint density at radius 1 is 1.15 bits per heavy atom. The Bertz CT molecular complexity index is 872. The second-order valence-corrected chi connectivity index (χ2v) is 6.42. The molecule has 1 aromatic carbocycles. The lowest BCUT2D eigenvalue weighted by atomic mass is 10.1. The number of carboxylic acids is 2. The molecule has 0 aliphatic carbocycles. The summed E-state index contributed by atoms with van der Waals surface area (Å²) in [5.74, 6) is -1.57. The van der Waals surface area contributed by atoms with Crippen LogP contribution in [0.25, 0.3) is 10.9 Å². The van der Waals surface area contributed by atoms with Crippen molar-refractivity contribution in [3.05, 3.63) is 40.6 Å². The Labute approximate surface area is 154 Å². The molecule has 138 valence electrons. The Morgan fingerprint density at radius 2 is 1.85 bits per heavy atom. The van der Waals surface area contributed by atoms with Gasteiger partial charge >= 0.3 is 11.9 Å². The minimum atomic E-state index is -1.26. The van der Waals surface area contributed by atoms with E-state index >= 15 is 0 Å². The highest BCUT2D eigenvalue weighted by atomic mass is 35.5. The quantitative estimate of drug-likeness (QED) is 0.692. The number of aliphatic carboxylic acids is 2. The van der Waals surface area contributed by atoms with Crippen molar-refractivity contribution in [2.24, 2.45) is 0 Å². The minimum absolute atomic E-state index is 0.558. The number of hydrogen-bond donors (Lipinski definition) is 3. The van der Waals surface area contributed by atoms with E-state index in [9.17, 15) is 9.59 Å². The van der Waals surface area contributed by atoms with Crippen LogP contribution in [-0.4, -0.2) is 46.4 Å². The van der Waals surface area contributed by atoms with Crippen molar-refractivity contribution in [1.29, 1.82) is 0 Å². The van der Waals surface area contributed by atoms with Crippen molar-refractivity contribution >= 4 is 34.4 Å². The van der Waals surface area contributed by atoms with Gasteiger partial charge in [0.2, 0.25) is 0 Å².